The fraction of sp³-hybridized carbons (Fsp3) is 0.133. The third-order valence-electron chi connectivity index (χ3n) is 2.80. The fourth-order valence-corrected chi connectivity index (χ4v) is 1.71. The number of ketones is 1. The lowest BCUT2D eigenvalue weighted by molar-refractivity contribution is 0.101. The van der Waals surface area contributed by atoms with Crippen LogP contribution in [0.1, 0.15) is 22.8 Å². The molecule has 0 saturated heterocycles. The van der Waals surface area contributed by atoms with Gasteiger partial charge in [-0.15, -0.1) is 0 Å². The van der Waals surface area contributed by atoms with Gasteiger partial charge in [-0.25, -0.2) is 4.79 Å². The van der Waals surface area contributed by atoms with Gasteiger partial charge in [0.05, 0.1) is 0 Å². The topological polar surface area (TPSA) is 71.1 Å². The molecular weight excluding hydrogens is 254 g/mol. The van der Waals surface area contributed by atoms with Crippen molar-refractivity contribution >= 4 is 23.2 Å². The lowest BCUT2D eigenvalue weighted by atomic mass is 10.1. The van der Waals surface area contributed by atoms with Crippen LogP contribution in [0.25, 0.3) is 0 Å². The Labute approximate surface area is 117 Å². The molecule has 0 aliphatic rings. The average molecular weight is 269 g/mol. The Kier molecular flexibility index (Phi) is 4.10. The van der Waals surface area contributed by atoms with E-state index in [9.17, 15) is 9.59 Å². The molecule has 2 aromatic rings. The minimum absolute atomic E-state index is 0.0426. The summed E-state index contributed by atoms with van der Waals surface area (Å²) in [6.45, 7) is 3.35. The van der Waals surface area contributed by atoms with E-state index in [1.807, 2.05) is 6.92 Å². The van der Waals surface area contributed by atoms with Crippen molar-refractivity contribution in [2.24, 2.45) is 0 Å². The average Bonchev–Trinajstić information content (AvgIpc) is 2.41. The second kappa shape index (κ2) is 5.97. The van der Waals surface area contributed by atoms with Crippen molar-refractivity contribution < 1.29 is 9.59 Å². The fourth-order valence-electron chi connectivity index (χ4n) is 1.71. The highest BCUT2D eigenvalue weighted by Gasteiger charge is 2.06. The molecule has 2 N–H and O–H groups in total. The molecule has 102 valence electrons. The molecule has 0 aliphatic heterocycles. The number of Topliss-reactive ketones (excluding diaryl/α,β-unsaturated/α-hetero) is 1. The zero-order valence-electron chi connectivity index (χ0n) is 11.3. The van der Waals surface area contributed by atoms with Crippen molar-refractivity contribution in [3.63, 3.8) is 0 Å². The molecule has 0 spiro atoms. The third-order valence-corrected chi connectivity index (χ3v) is 2.80. The number of amides is 2. The molecule has 20 heavy (non-hydrogen) atoms. The summed E-state index contributed by atoms with van der Waals surface area (Å²) in [5.74, 6) is -0.0426. The summed E-state index contributed by atoms with van der Waals surface area (Å²) < 4.78 is 0. The summed E-state index contributed by atoms with van der Waals surface area (Å²) in [5.41, 5.74) is 2.70. The molecule has 1 aromatic carbocycles. The first-order chi connectivity index (χ1) is 9.56. The van der Waals surface area contributed by atoms with Gasteiger partial charge >= 0.3 is 6.03 Å². The van der Waals surface area contributed by atoms with E-state index in [2.05, 4.69) is 15.6 Å². The first kappa shape index (κ1) is 13.7. The highest BCUT2D eigenvalue weighted by molar-refractivity contribution is 6.01. The number of nitrogens with zero attached hydrogens (tertiary/aromatic N) is 1. The standard InChI is InChI=1S/C15H15N3O2/c1-10-9-16-7-6-14(10)18-15(20)17-13-5-3-4-12(8-13)11(2)19/h3-9H,1-2H3,(H2,16,17,18,20). The van der Waals surface area contributed by atoms with Gasteiger partial charge in [-0.1, -0.05) is 12.1 Å². The summed E-state index contributed by atoms with van der Waals surface area (Å²) in [7, 11) is 0. The van der Waals surface area contributed by atoms with Crippen LogP contribution in [-0.2, 0) is 0 Å². The van der Waals surface area contributed by atoms with Gasteiger partial charge in [-0.3, -0.25) is 9.78 Å². The maximum atomic E-state index is 11.9. The quantitative estimate of drug-likeness (QED) is 0.840. The van der Waals surface area contributed by atoms with Crippen LogP contribution in [-0.4, -0.2) is 16.8 Å². The van der Waals surface area contributed by atoms with E-state index in [1.54, 1.807) is 42.7 Å². The van der Waals surface area contributed by atoms with E-state index in [1.165, 1.54) is 6.92 Å². The Bertz CT molecular complexity index is 653. The Morgan fingerprint density at radius 3 is 2.65 bits per heavy atom. The maximum absolute atomic E-state index is 11.9. The van der Waals surface area contributed by atoms with Crippen LogP contribution < -0.4 is 10.6 Å². The van der Waals surface area contributed by atoms with Crippen LogP contribution >= 0.6 is 0 Å². The number of aromatic nitrogens is 1. The van der Waals surface area contributed by atoms with Crippen LogP contribution in [0.2, 0.25) is 0 Å². The zero-order valence-corrected chi connectivity index (χ0v) is 11.3. The van der Waals surface area contributed by atoms with E-state index in [4.69, 9.17) is 0 Å². The summed E-state index contributed by atoms with van der Waals surface area (Å²) in [5, 5.41) is 5.42. The molecule has 0 saturated carbocycles. The highest BCUT2D eigenvalue weighted by Crippen LogP contribution is 2.14. The van der Waals surface area contributed by atoms with E-state index < -0.39 is 0 Å². The summed E-state index contributed by atoms with van der Waals surface area (Å²) in [6.07, 6.45) is 3.28. The molecule has 1 heterocycles. The molecule has 0 atom stereocenters. The van der Waals surface area contributed by atoms with Crippen LogP contribution in [0.15, 0.2) is 42.7 Å². The minimum atomic E-state index is -0.361. The third kappa shape index (κ3) is 3.41. The van der Waals surface area contributed by atoms with Gasteiger partial charge in [0.25, 0.3) is 0 Å². The van der Waals surface area contributed by atoms with Crippen molar-refractivity contribution in [2.45, 2.75) is 13.8 Å². The second-order valence-corrected chi connectivity index (χ2v) is 4.41. The number of urea groups is 1. The van der Waals surface area contributed by atoms with Gasteiger partial charge in [0.15, 0.2) is 5.78 Å². The Morgan fingerprint density at radius 1 is 1.15 bits per heavy atom. The minimum Gasteiger partial charge on any atom is -0.308 e. The van der Waals surface area contributed by atoms with Crippen LogP contribution in [0.3, 0.4) is 0 Å². The largest absolute Gasteiger partial charge is 0.323 e. The lowest BCUT2D eigenvalue weighted by Crippen LogP contribution is -2.20. The number of aryl methyl sites for hydroxylation is 1. The molecule has 0 unspecified atom stereocenters. The van der Waals surface area contributed by atoms with Crippen molar-refractivity contribution in [1.82, 2.24) is 4.98 Å². The van der Waals surface area contributed by atoms with Crippen LogP contribution in [0.5, 0.6) is 0 Å². The molecule has 0 aliphatic carbocycles. The molecule has 0 radical (unpaired) electrons. The van der Waals surface area contributed by atoms with Gasteiger partial charge in [-0.2, -0.15) is 0 Å². The van der Waals surface area contributed by atoms with E-state index in [0.29, 0.717) is 16.9 Å². The molecule has 2 amide bonds. The maximum Gasteiger partial charge on any atom is 0.323 e. The Hall–Kier alpha value is -2.69. The summed E-state index contributed by atoms with van der Waals surface area (Å²) in [4.78, 5) is 27.1. The monoisotopic (exact) mass is 269 g/mol. The van der Waals surface area contributed by atoms with E-state index >= 15 is 0 Å². The number of benzene rings is 1. The van der Waals surface area contributed by atoms with Gasteiger partial charge in [0.1, 0.15) is 0 Å². The Morgan fingerprint density at radius 2 is 1.95 bits per heavy atom. The van der Waals surface area contributed by atoms with Gasteiger partial charge in [-0.05, 0) is 37.6 Å². The number of rotatable bonds is 3. The molecule has 2 rings (SSSR count). The predicted molar refractivity (Wildman–Crippen MR) is 78.1 cm³/mol. The molecule has 5 nitrogen and oxygen atoms in total. The zero-order chi connectivity index (χ0) is 14.5. The SMILES string of the molecule is CC(=O)c1cccc(NC(=O)Nc2ccncc2C)c1. The van der Waals surface area contributed by atoms with Gasteiger partial charge in [0.2, 0.25) is 0 Å². The number of nitrogens with one attached hydrogen (secondary N) is 2. The smallest absolute Gasteiger partial charge is 0.308 e. The van der Waals surface area contributed by atoms with Crippen molar-refractivity contribution in [3.05, 3.63) is 53.9 Å². The number of pyridine rings is 1. The first-order valence-corrected chi connectivity index (χ1v) is 6.16. The van der Waals surface area contributed by atoms with E-state index in [0.717, 1.165) is 5.56 Å². The summed E-state index contributed by atoms with van der Waals surface area (Å²) >= 11 is 0. The number of anilines is 2. The lowest BCUT2D eigenvalue weighted by Gasteiger charge is -2.09. The van der Waals surface area contributed by atoms with Crippen molar-refractivity contribution in [2.75, 3.05) is 10.6 Å². The highest BCUT2D eigenvalue weighted by atomic mass is 16.2. The number of hydrogen-bond acceptors (Lipinski definition) is 3. The molecule has 0 fully saturated rings. The second-order valence-electron chi connectivity index (χ2n) is 4.41. The molecule has 1 aromatic heterocycles. The molecule has 5 heteroatoms. The van der Waals surface area contributed by atoms with Crippen LogP contribution in [0.4, 0.5) is 16.2 Å². The number of carbonyl (C=O) groups is 2. The Balaban J connectivity index is 2.07. The van der Waals surface area contributed by atoms with Gasteiger partial charge < -0.3 is 10.6 Å². The number of hydrogen-bond donors (Lipinski definition) is 2. The predicted octanol–water partition coefficient (Wildman–Crippen LogP) is 3.24. The number of carbonyl (C=O) groups excluding carboxylic acids is 2. The van der Waals surface area contributed by atoms with Crippen LogP contribution in [0, 0.1) is 6.92 Å². The summed E-state index contributed by atoms with van der Waals surface area (Å²) in [6, 6.07) is 8.16. The van der Waals surface area contributed by atoms with Gasteiger partial charge in [0, 0.05) is 29.3 Å². The van der Waals surface area contributed by atoms with Crippen molar-refractivity contribution in [3.8, 4) is 0 Å². The van der Waals surface area contributed by atoms with Crippen molar-refractivity contribution in [1.29, 1.82) is 0 Å². The molecular formula is C15H15N3O2. The van der Waals surface area contributed by atoms with E-state index in [-0.39, 0.29) is 11.8 Å². The first-order valence-electron chi connectivity index (χ1n) is 6.16. The molecule has 0 bridgehead atoms. The normalized spacial score (nSPS) is 9.90.